The summed E-state index contributed by atoms with van der Waals surface area (Å²) in [5, 5.41) is 0. The van der Waals surface area contributed by atoms with Crippen LogP contribution >= 0.6 is 0 Å². The third-order valence-electron chi connectivity index (χ3n) is 5.21. The molecule has 1 aromatic rings. The van der Waals surface area contributed by atoms with Crippen molar-refractivity contribution in [1.82, 2.24) is 0 Å². The Kier molecular flexibility index (Phi) is 4.47. The molecule has 0 aromatic heterocycles. The zero-order chi connectivity index (χ0) is 17.6. The lowest BCUT2D eigenvalue weighted by molar-refractivity contribution is 0.00578. The number of sulfone groups is 1. The van der Waals surface area contributed by atoms with Gasteiger partial charge in [-0.1, -0.05) is 12.1 Å². The van der Waals surface area contributed by atoms with E-state index in [0.29, 0.717) is 12.8 Å². The van der Waals surface area contributed by atoms with Gasteiger partial charge in [0.2, 0.25) is 0 Å². The van der Waals surface area contributed by atoms with Gasteiger partial charge in [-0.25, -0.2) is 8.42 Å². The molecule has 0 radical (unpaired) electrons. The molecular formula is C17H25BO5S. The van der Waals surface area contributed by atoms with Crippen molar-refractivity contribution in [2.24, 2.45) is 0 Å². The fourth-order valence-electron chi connectivity index (χ4n) is 2.86. The van der Waals surface area contributed by atoms with Crippen molar-refractivity contribution in [2.75, 3.05) is 11.5 Å². The van der Waals surface area contributed by atoms with Crippen LogP contribution in [0.15, 0.2) is 24.3 Å². The molecule has 0 spiro atoms. The largest absolute Gasteiger partial charge is 0.494 e. The molecule has 0 amide bonds. The molecule has 1 aromatic carbocycles. The highest BCUT2D eigenvalue weighted by atomic mass is 32.2. The Bertz CT molecular complexity index is 666. The highest BCUT2D eigenvalue weighted by Crippen LogP contribution is 2.36. The summed E-state index contributed by atoms with van der Waals surface area (Å²) in [6.45, 7) is 8.12. The van der Waals surface area contributed by atoms with Gasteiger partial charge in [-0.05, 0) is 58.1 Å². The minimum absolute atomic E-state index is 0.0313. The molecule has 3 rings (SSSR count). The average molecular weight is 352 g/mol. The Morgan fingerprint density at radius 2 is 1.50 bits per heavy atom. The maximum absolute atomic E-state index is 11.5. The summed E-state index contributed by atoms with van der Waals surface area (Å²) in [7, 11) is -3.25. The van der Waals surface area contributed by atoms with Crippen LogP contribution in [-0.2, 0) is 19.1 Å². The van der Waals surface area contributed by atoms with Crippen molar-refractivity contribution in [2.45, 2.75) is 57.8 Å². The first kappa shape index (κ1) is 17.8. The van der Waals surface area contributed by atoms with Crippen molar-refractivity contribution >= 4 is 22.4 Å². The van der Waals surface area contributed by atoms with Gasteiger partial charge in [-0.2, -0.15) is 0 Å². The number of hydrogen-bond donors (Lipinski definition) is 0. The Morgan fingerprint density at radius 1 is 1.00 bits per heavy atom. The van der Waals surface area contributed by atoms with Crippen LogP contribution in [0.4, 0.5) is 0 Å². The zero-order valence-corrected chi connectivity index (χ0v) is 15.6. The molecule has 7 heteroatoms. The SMILES string of the molecule is CC1(C)OB(c2ccc(OC3CCS(=O)(=O)CC3)cc2)OC1(C)C. The van der Waals surface area contributed by atoms with Gasteiger partial charge in [-0.15, -0.1) is 0 Å². The van der Waals surface area contributed by atoms with E-state index in [4.69, 9.17) is 14.0 Å². The van der Waals surface area contributed by atoms with Crippen LogP contribution in [-0.4, -0.2) is 44.3 Å². The van der Waals surface area contributed by atoms with Crippen molar-refractivity contribution in [1.29, 1.82) is 0 Å². The summed E-state index contributed by atoms with van der Waals surface area (Å²) in [4.78, 5) is 0. The van der Waals surface area contributed by atoms with E-state index in [1.807, 2.05) is 52.0 Å². The predicted molar refractivity (Wildman–Crippen MR) is 94.5 cm³/mol. The molecule has 2 fully saturated rings. The molecule has 0 saturated carbocycles. The van der Waals surface area contributed by atoms with E-state index < -0.39 is 9.84 Å². The van der Waals surface area contributed by atoms with Gasteiger partial charge < -0.3 is 14.0 Å². The van der Waals surface area contributed by atoms with E-state index in [2.05, 4.69) is 0 Å². The van der Waals surface area contributed by atoms with Crippen molar-refractivity contribution in [3.8, 4) is 5.75 Å². The molecular weight excluding hydrogens is 327 g/mol. The predicted octanol–water partition coefficient (Wildman–Crippen LogP) is 1.94. The molecule has 5 nitrogen and oxygen atoms in total. The minimum atomic E-state index is -2.86. The summed E-state index contributed by atoms with van der Waals surface area (Å²) in [6, 6.07) is 7.67. The summed E-state index contributed by atoms with van der Waals surface area (Å²) < 4.78 is 40.9. The molecule has 24 heavy (non-hydrogen) atoms. The van der Waals surface area contributed by atoms with Crippen LogP contribution in [0.5, 0.6) is 5.75 Å². The summed E-state index contributed by atoms with van der Waals surface area (Å²) in [5.74, 6) is 1.17. The first-order valence-corrected chi connectivity index (χ1v) is 10.2. The van der Waals surface area contributed by atoms with Crippen LogP contribution in [0.3, 0.4) is 0 Å². The lowest BCUT2D eigenvalue weighted by Crippen LogP contribution is -2.41. The van der Waals surface area contributed by atoms with Gasteiger partial charge in [0.1, 0.15) is 11.9 Å². The number of benzene rings is 1. The fraction of sp³-hybridized carbons (Fsp3) is 0.647. The molecule has 0 unspecified atom stereocenters. The summed E-state index contributed by atoms with van der Waals surface area (Å²) in [6.07, 6.45) is 1.08. The Balaban J connectivity index is 1.62. The third kappa shape index (κ3) is 3.63. The second kappa shape index (κ2) is 6.04. The Labute approximate surface area is 144 Å². The van der Waals surface area contributed by atoms with Gasteiger partial charge in [0.05, 0.1) is 22.7 Å². The summed E-state index contributed by atoms with van der Waals surface area (Å²) >= 11 is 0. The number of hydrogen-bond acceptors (Lipinski definition) is 5. The summed E-state index contributed by atoms with van der Waals surface area (Å²) in [5.41, 5.74) is 0.230. The van der Waals surface area contributed by atoms with E-state index >= 15 is 0 Å². The minimum Gasteiger partial charge on any atom is -0.490 e. The molecule has 2 heterocycles. The molecule has 0 atom stereocenters. The molecule has 2 aliphatic heterocycles. The normalized spacial score (nSPS) is 25.6. The number of rotatable bonds is 3. The average Bonchev–Trinajstić information content (AvgIpc) is 2.70. The van der Waals surface area contributed by atoms with Crippen LogP contribution in [0.25, 0.3) is 0 Å². The second-order valence-electron chi connectivity index (χ2n) is 7.63. The van der Waals surface area contributed by atoms with Crippen LogP contribution in [0.2, 0.25) is 0 Å². The lowest BCUT2D eigenvalue weighted by atomic mass is 9.79. The fourth-order valence-corrected chi connectivity index (χ4v) is 4.31. The van der Waals surface area contributed by atoms with Crippen molar-refractivity contribution < 1.29 is 22.5 Å². The molecule has 0 N–H and O–H groups in total. The van der Waals surface area contributed by atoms with E-state index in [1.54, 1.807) is 0 Å². The van der Waals surface area contributed by atoms with Crippen LogP contribution in [0.1, 0.15) is 40.5 Å². The zero-order valence-electron chi connectivity index (χ0n) is 14.7. The maximum atomic E-state index is 11.5. The molecule has 132 valence electrons. The van der Waals surface area contributed by atoms with E-state index in [1.165, 1.54) is 0 Å². The van der Waals surface area contributed by atoms with Crippen LogP contribution in [0, 0.1) is 0 Å². The van der Waals surface area contributed by atoms with Gasteiger partial charge in [-0.3, -0.25) is 0 Å². The topological polar surface area (TPSA) is 61.8 Å². The lowest BCUT2D eigenvalue weighted by Gasteiger charge is -2.32. The Hall–Kier alpha value is -1.05. The molecule has 0 bridgehead atoms. The van der Waals surface area contributed by atoms with E-state index in [-0.39, 0.29) is 35.9 Å². The number of ether oxygens (including phenoxy) is 1. The highest BCUT2D eigenvalue weighted by molar-refractivity contribution is 7.91. The van der Waals surface area contributed by atoms with Crippen LogP contribution < -0.4 is 10.2 Å². The first-order chi connectivity index (χ1) is 11.1. The Morgan fingerprint density at radius 3 is 2.00 bits per heavy atom. The van der Waals surface area contributed by atoms with Gasteiger partial charge in [0.15, 0.2) is 9.84 Å². The quantitative estimate of drug-likeness (QED) is 0.778. The smallest absolute Gasteiger partial charge is 0.490 e. The molecule has 0 aliphatic carbocycles. The van der Waals surface area contributed by atoms with Gasteiger partial charge >= 0.3 is 7.12 Å². The third-order valence-corrected chi connectivity index (χ3v) is 6.93. The van der Waals surface area contributed by atoms with Crippen molar-refractivity contribution in [3.05, 3.63) is 24.3 Å². The molecule has 2 saturated heterocycles. The van der Waals surface area contributed by atoms with E-state index in [9.17, 15) is 8.42 Å². The molecule has 2 aliphatic rings. The maximum Gasteiger partial charge on any atom is 0.494 e. The van der Waals surface area contributed by atoms with Crippen molar-refractivity contribution in [3.63, 3.8) is 0 Å². The van der Waals surface area contributed by atoms with Gasteiger partial charge in [0.25, 0.3) is 0 Å². The van der Waals surface area contributed by atoms with E-state index in [0.717, 1.165) is 11.2 Å². The monoisotopic (exact) mass is 352 g/mol. The second-order valence-corrected chi connectivity index (χ2v) is 9.93. The standard InChI is InChI=1S/C17H25BO5S/c1-16(2)17(3,4)23-18(22-16)13-5-7-14(8-6-13)21-15-9-11-24(19,20)12-10-15/h5-8,15H,9-12H2,1-4H3. The highest BCUT2D eigenvalue weighted by Gasteiger charge is 2.51. The first-order valence-electron chi connectivity index (χ1n) is 8.41. The van der Waals surface area contributed by atoms with Gasteiger partial charge in [0, 0.05) is 0 Å².